The molecule has 0 bridgehead atoms. The van der Waals surface area contributed by atoms with Gasteiger partial charge in [0.25, 0.3) is 0 Å². The Balaban J connectivity index is 1.68. The molecule has 1 aromatic heterocycles. The van der Waals surface area contributed by atoms with Crippen LogP contribution in [0.4, 0.5) is 10.1 Å². The number of benzene rings is 2. The van der Waals surface area contributed by atoms with Crippen LogP contribution in [0.1, 0.15) is 17.2 Å². The average molecular weight is 379 g/mol. The van der Waals surface area contributed by atoms with Gasteiger partial charge in [0.15, 0.2) is 0 Å². The number of hydrogen-bond acceptors (Lipinski definition) is 4. The number of ether oxygens (including phenoxy) is 1. The lowest BCUT2D eigenvalue weighted by Gasteiger charge is -2.23. The van der Waals surface area contributed by atoms with E-state index in [1.165, 1.54) is 12.1 Å². The summed E-state index contributed by atoms with van der Waals surface area (Å²) >= 11 is 0. The summed E-state index contributed by atoms with van der Waals surface area (Å²) in [4.78, 5) is 18.7. The van der Waals surface area contributed by atoms with Crippen LogP contribution in [0.25, 0.3) is 0 Å². The van der Waals surface area contributed by atoms with Crippen LogP contribution in [0.2, 0.25) is 0 Å². The van der Waals surface area contributed by atoms with Gasteiger partial charge in [-0.05, 0) is 55.6 Å². The maximum atomic E-state index is 13.3. The first-order chi connectivity index (χ1) is 13.5. The third-order valence-electron chi connectivity index (χ3n) is 4.16. The van der Waals surface area contributed by atoms with Gasteiger partial charge >= 0.3 is 0 Å². The maximum Gasteiger partial charge on any atom is 0.246 e. The molecule has 3 rings (SSSR count). The fraction of sp³-hybridized carbons (Fsp3) is 0.182. The lowest BCUT2D eigenvalue weighted by atomic mass is 10.1. The van der Waals surface area contributed by atoms with E-state index in [0.29, 0.717) is 11.4 Å². The number of rotatable bonds is 7. The zero-order valence-corrected chi connectivity index (χ0v) is 15.8. The molecule has 0 aliphatic carbocycles. The molecule has 1 atom stereocenters. The first kappa shape index (κ1) is 19.5. The largest absolute Gasteiger partial charge is 0.489 e. The molecule has 6 heteroatoms. The van der Waals surface area contributed by atoms with Crippen LogP contribution >= 0.6 is 0 Å². The quantitative estimate of drug-likeness (QED) is 0.673. The number of amides is 1. The van der Waals surface area contributed by atoms with Crippen LogP contribution in [0.3, 0.4) is 0 Å². The minimum atomic E-state index is -0.467. The van der Waals surface area contributed by atoms with Gasteiger partial charge in [0.1, 0.15) is 24.2 Å². The molecule has 28 heavy (non-hydrogen) atoms. The average Bonchev–Trinajstić information content (AvgIpc) is 2.67. The van der Waals surface area contributed by atoms with E-state index in [0.717, 1.165) is 11.1 Å². The highest BCUT2D eigenvalue weighted by atomic mass is 19.1. The second-order valence-corrected chi connectivity index (χ2v) is 6.59. The van der Waals surface area contributed by atoms with E-state index in [-0.39, 0.29) is 18.3 Å². The maximum absolute atomic E-state index is 13.3. The lowest BCUT2D eigenvalue weighted by molar-refractivity contribution is -0.120. The number of anilines is 1. The van der Waals surface area contributed by atoms with Gasteiger partial charge in [-0.25, -0.2) is 4.39 Å². The van der Waals surface area contributed by atoms with Crippen molar-refractivity contribution >= 4 is 11.6 Å². The SMILES string of the molecule is CN(C)C(C(=O)Nc1cccc(OCc2cccc(F)c2)c1)c1cccnc1. The van der Waals surface area contributed by atoms with Crippen molar-refractivity contribution in [1.82, 2.24) is 9.88 Å². The Morgan fingerprint density at radius 1 is 1.14 bits per heavy atom. The molecule has 144 valence electrons. The minimum Gasteiger partial charge on any atom is -0.489 e. The van der Waals surface area contributed by atoms with Gasteiger partial charge in [0, 0.05) is 24.1 Å². The van der Waals surface area contributed by atoms with Gasteiger partial charge in [-0.2, -0.15) is 0 Å². The molecule has 1 N–H and O–H groups in total. The van der Waals surface area contributed by atoms with Gasteiger partial charge in [-0.1, -0.05) is 24.3 Å². The van der Waals surface area contributed by atoms with E-state index in [4.69, 9.17) is 4.74 Å². The molecule has 0 aliphatic rings. The van der Waals surface area contributed by atoms with Gasteiger partial charge in [0.2, 0.25) is 5.91 Å². The molecular weight excluding hydrogens is 357 g/mol. The summed E-state index contributed by atoms with van der Waals surface area (Å²) in [6, 6.07) is 16.6. The molecule has 0 saturated heterocycles. The second-order valence-electron chi connectivity index (χ2n) is 6.59. The van der Waals surface area contributed by atoms with Crippen LogP contribution in [0.5, 0.6) is 5.75 Å². The van der Waals surface area contributed by atoms with Crippen molar-refractivity contribution in [2.45, 2.75) is 12.6 Å². The highest BCUT2D eigenvalue weighted by molar-refractivity contribution is 5.95. The first-order valence-corrected chi connectivity index (χ1v) is 8.87. The summed E-state index contributed by atoms with van der Waals surface area (Å²) < 4.78 is 19.0. The fourth-order valence-corrected chi connectivity index (χ4v) is 2.89. The van der Waals surface area contributed by atoms with Crippen molar-refractivity contribution < 1.29 is 13.9 Å². The van der Waals surface area contributed by atoms with E-state index >= 15 is 0 Å². The topological polar surface area (TPSA) is 54.5 Å². The van der Waals surface area contributed by atoms with E-state index in [2.05, 4.69) is 10.3 Å². The Labute approximate surface area is 163 Å². The van der Waals surface area contributed by atoms with E-state index in [1.807, 2.05) is 25.1 Å². The summed E-state index contributed by atoms with van der Waals surface area (Å²) in [5, 5.41) is 2.92. The van der Waals surface area contributed by atoms with Crippen LogP contribution in [-0.2, 0) is 11.4 Å². The zero-order chi connectivity index (χ0) is 19.9. The predicted octanol–water partition coefficient (Wildman–Crippen LogP) is 4.04. The molecule has 1 unspecified atom stereocenters. The number of hydrogen-bond donors (Lipinski definition) is 1. The van der Waals surface area contributed by atoms with E-state index in [1.54, 1.807) is 54.9 Å². The number of carbonyl (C=O) groups is 1. The van der Waals surface area contributed by atoms with E-state index < -0.39 is 6.04 Å². The standard InChI is InChI=1S/C22H22FN3O2/c1-26(2)21(17-7-5-11-24-14-17)22(27)25-19-9-4-10-20(13-19)28-15-16-6-3-8-18(23)12-16/h3-14,21H,15H2,1-2H3,(H,25,27). The van der Waals surface area contributed by atoms with Crippen molar-refractivity contribution in [3.05, 3.63) is 90.0 Å². The predicted molar refractivity (Wildman–Crippen MR) is 106 cm³/mol. The number of nitrogens with zero attached hydrogens (tertiary/aromatic N) is 2. The number of likely N-dealkylation sites (N-methyl/N-ethyl adjacent to an activating group) is 1. The third kappa shape index (κ3) is 5.14. The molecule has 0 radical (unpaired) electrons. The van der Waals surface area contributed by atoms with Crippen LogP contribution in [0, 0.1) is 5.82 Å². The van der Waals surface area contributed by atoms with Gasteiger partial charge in [-0.15, -0.1) is 0 Å². The Kier molecular flexibility index (Phi) is 6.34. The molecule has 0 spiro atoms. The molecule has 5 nitrogen and oxygen atoms in total. The van der Waals surface area contributed by atoms with E-state index in [9.17, 15) is 9.18 Å². The van der Waals surface area contributed by atoms with Crippen molar-refractivity contribution in [2.24, 2.45) is 0 Å². The number of halogens is 1. The van der Waals surface area contributed by atoms with Crippen molar-refractivity contribution in [3.63, 3.8) is 0 Å². The fourth-order valence-electron chi connectivity index (χ4n) is 2.89. The summed E-state index contributed by atoms with van der Waals surface area (Å²) in [7, 11) is 3.69. The highest BCUT2D eigenvalue weighted by Gasteiger charge is 2.23. The minimum absolute atomic E-state index is 0.166. The molecule has 1 amide bonds. The number of carbonyl (C=O) groups excluding carboxylic acids is 1. The molecule has 2 aromatic carbocycles. The normalized spacial score (nSPS) is 11.9. The van der Waals surface area contributed by atoms with Crippen molar-refractivity contribution in [2.75, 3.05) is 19.4 Å². The Morgan fingerprint density at radius 2 is 1.96 bits per heavy atom. The smallest absolute Gasteiger partial charge is 0.246 e. The molecule has 0 aliphatic heterocycles. The summed E-state index contributed by atoms with van der Waals surface area (Å²) in [6.45, 7) is 0.241. The number of nitrogens with one attached hydrogen (secondary N) is 1. The summed E-state index contributed by atoms with van der Waals surface area (Å²) in [5.41, 5.74) is 2.17. The molecular formula is C22H22FN3O2. The van der Waals surface area contributed by atoms with Crippen LogP contribution in [-0.4, -0.2) is 29.9 Å². The monoisotopic (exact) mass is 379 g/mol. The molecule has 0 saturated carbocycles. The van der Waals surface area contributed by atoms with Gasteiger partial charge in [-0.3, -0.25) is 14.7 Å². The summed E-state index contributed by atoms with van der Waals surface area (Å²) in [5.74, 6) is 0.123. The van der Waals surface area contributed by atoms with Gasteiger partial charge < -0.3 is 10.1 Å². The number of aromatic nitrogens is 1. The molecule has 1 heterocycles. The molecule has 3 aromatic rings. The Morgan fingerprint density at radius 3 is 2.68 bits per heavy atom. The first-order valence-electron chi connectivity index (χ1n) is 8.87. The van der Waals surface area contributed by atoms with Crippen LogP contribution in [0.15, 0.2) is 73.1 Å². The highest BCUT2D eigenvalue weighted by Crippen LogP contribution is 2.23. The third-order valence-corrected chi connectivity index (χ3v) is 4.16. The molecule has 0 fully saturated rings. The Bertz CT molecular complexity index is 932. The van der Waals surface area contributed by atoms with Gasteiger partial charge in [0.05, 0.1) is 0 Å². The Hall–Kier alpha value is -3.25. The second kappa shape index (κ2) is 9.10. The lowest BCUT2D eigenvalue weighted by Crippen LogP contribution is -2.32. The summed E-state index contributed by atoms with van der Waals surface area (Å²) in [6.07, 6.45) is 3.36. The zero-order valence-electron chi connectivity index (χ0n) is 15.8. The number of pyridine rings is 1. The van der Waals surface area contributed by atoms with Crippen molar-refractivity contribution in [1.29, 1.82) is 0 Å². The van der Waals surface area contributed by atoms with Crippen molar-refractivity contribution in [3.8, 4) is 5.75 Å². The van der Waals surface area contributed by atoms with Crippen LogP contribution < -0.4 is 10.1 Å².